The van der Waals surface area contributed by atoms with Crippen LogP contribution in [0.15, 0.2) is 30.5 Å². The topological polar surface area (TPSA) is 135 Å². The van der Waals surface area contributed by atoms with Gasteiger partial charge in [0.25, 0.3) is 5.91 Å². The summed E-state index contributed by atoms with van der Waals surface area (Å²) in [5, 5.41) is 7.63. The highest BCUT2D eigenvalue weighted by molar-refractivity contribution is 6.00. The van der Waals surface area contributed by atoms with Crippen molar-refractivity contribution in [3.63, 3.8) is 0 Å². The number of rotatable bonds is 5. The van der Waals surface area contributed by atoms with E-state index in [0.29, 0.717) is 11.8 Å². The number of hydrogen-bond acceptors (Lipinski definition) is 6. The zero-order chi connectivity index (χ0) is 19.7. The van der Waals surface area contributed by atoms with Crippen molar-refractivity contribution in [3.05, 3.63) is 41.7 Å². The Bertz CT molecular complexity index is 1010. The molecule has 28 heavy (non-hydrogen) atoms. The number of anilines is 3. The molecule has 1 aliphatic carbocycles. The monoisotopic (exact) mass is 379 g/mol. The summed E-state index contributed by atoms with van der Waals surface area (Å²) in [6.07, 6.45) is 5.69. The van der Waals surface area contributed by atoms with Gasteiger partial charge in [-0.2, -0.15) is 4.98 Å². The van der Waals surface area contributed by atoms with Crippen molar-refractivity contribution in [2.24, 2.45) is 11.5 Å². The lowest BCUT2D eigenvalue weighted by Crippen LogP contribution is -2.43. The van der Waals surface area contributed by atoms with Crippen LogP contribution in [-0.4, -0.2) is 32.9 Å². The predicted octanol–water partition coefficient (Wildman–Crippen LogP) is 2.79. The molecule has 4 rings (SSSR count). The second-order valence-electron chi connectivity index (χ2n) is 7.37. The molecule has 0 saturated heterocycles. The zero-order valence-electron chi connectivity index (χ0n) is 15.8. The van der Waals surface area contributed by atoms with E-state index in [1.807, 2.05) is 25.1 Å². The van der Waals surface area contributed by atoms with E-state index < -0.39 is 5.91 Å². The summed E-state index contributed by atoms with van der Waals surface area (Å²) < 4.78 is 0. The highest BCUT2D eigenvalue weighted by Gasteiger charge is 2.23. The van der Waals surface area contributed by atoms with Gasteiger partial charge in [0.2, 0.25) is 5.95 Å². The van der Waals surface area contributed by atoms with Gasteiger partial charge in [0, 0.05) is 29.4 Å². The number of nitrogens with one attached hydrogen (secondary N) is 3. The van der Waals surface area contributed by atoms with Crippen LogP contribution in [0.2, 0.25) is 0 Å². The van der Waals surface area contributed by atoms with E-state index in [0.717, 1.165) is 48.0 Å². The first-order valence-electron chi connectivity index (χ1n) is 9.55. The van der Waals surface area contributed by atoms with Gasteiger partial charge in [-0.3, -0.25) is 4.79 Å². The molecule has 2 atom stereocenters. The molecular weight excluding hydrogens is 354 g/mol. The summed E-state index contributed by atoms with van der Waals surface area (Å²) in [5.74, 6) is 0.220. The van der Waals surface area contributed by atoms with Gasteiger partial charge in [0.05, 0.1) is 11.2 Å². The van der Waals surface area contributed by atoms with Crippen LogP contribution in [0.4, 0.5) is 17.5 Å². The summed E-state index contributed by atoms with van der Waals surface area (Å²) in [4.78, 5) is 24.0. The van der Waals surface area contributed by atoms with E-state index in [1.165, 1.54) is 6.20 Å². The van der Waals surface area contributed by atoms with E-state index in [4.69, 9.17) is 11.5 Å². The van der Waals surface area contributed by atoms with E-state index in [1.54, 1.807) is 0 Å². The van der Waals surface area contributed by atoms with Crippen molar-refractivity contribution in [3.8, 4) is 0 Å². The smallest absolute Gasteiger partial charge is 0.254 e. The number of benzene rings is 1. The summed E-state index contributed by atoms with van der Waals surface area (Å²) in [7, 11) is 0. The van der Waals surface area contributed by atoms with Crippen molar-refractivity contribution in [2.45, 2.75) is 44.7 Å². The number of aromatic amines is 1. The first kappa shape index (κ1) is 18.2. The van der Waals surface area contributed by atoms with Crippen LogP contribution in [0, 0.1) is 6.92 Å². The van der Waals surface area contributed by atoms with Crippen molar-refractivity contribution in [1.29, 1.82) is 0 Å². The molecule has 1 saturated carbocycles. The van der Waals surface area contributed by atoms with Gasteiger partial charge in [-0.15, -0.1) is 0 Å². The number of aryl methyl sites for hydroxylation is 1. The molecule has 146 valence electrons. The minimum atomic E-state index is -0.585. The molecular formula is C20H25N7O. The van der Waals surface area contributed by atoms with Gasteiger partial charge in [0.15, 0.2) is 0 Å². The summed E-state index contributed by atoms with van der Waals surface area (Å²) in [6, 6.07) is 8.15. The van der Waals surface area contributed by atoms with Gasteiger partial charge in [-0.1, -0.05) is 25.0 Å². The van der Waals surface area contributed by atoms with E-state index in [9.17, 15) is 4.79 Å². The number of hydrogen-bond donors (Lipinski definition) is 5. The molecule has 2 aromatic heterocycles. The lowest BCUT2D eigenvalue weighted by Gasteiger charge is -2.29. The van der Waals surface area contributed by atoms with Gasteiger partial charge in [-0.05, 0) is 31.9 Å². The molecule has 8 nitrogen and oxygen atoms in total. The molecule has 0 aliphatic heterocycles. The SMILES string of the molecule is Cc1cc2cccc(Nc3nc(N[C@@H]4CCCC[C@@H]4N)ncc3C(N)=O)c2[nH]1. The normalized spacial score (nSPS) is 19.5. The molecule has 0 spiro atoms. The molecule has 1 aromatic carbocycles. The number of nitrogens with zero attached hydrogens (tertiary/aromatic N) is 2. The highest BCUT2D eigenvalue weighted by atomic mass is 16.1. The number of amides is 1. The maximum absolute atomic E-state index is 11.9. The molecule has 7 N–H and O–H groups in total. The minimum Gasteiger partial charge on any atom is -0.365 e. The maximum atomic E-state index is 11.9. The quantitative estimate of drug-likeness (QED) is 0.463. The van der Waals surface area contributed by atoms with Crippen molar-refractivity contribution < 1.29 is 4.79 Å². The van der Waals surface area contributed by atoms with Crippen molar-refractivity contribution >= 4 is 34.3 Å². The fourth-order valence-electron chi connectivity index (χ4n) is 3.76. The van der Waals surface area contributed by atoms with E-state index in [2.05, 4.69) is 31.7 Å². The fourth-order valence-corrected chi connectivity index (χ4v) is 3.76. The third-order valence-corrected chi connectivity index (χ3v) is 5.23. The third-order valence-electron chi connectivity index (χ3n) is 5.23. The lowest BCUT2D eigenvalue weighted by atomic mass is 9.91. The molecule has 1 amide bonds. The van der Waals surface area contributed by atoms with Gasteiger partial charge in [0.1, 0.15) is 11.4 Å². The molecule has 8 heteroatoms. The van der Waals surface area contributed by atoms with Gasteiger partial charge >= 0.3 is 0 Å². The Labute approximate surface area is 163 Å². The summed E-state index contributed by atoms with van der Waals surface area (Å²) in [5.41, 5.74) is 14.8. The molecule has 3 aromatic rings. The minimum absolute atomic E-state index is 0.0696. The maximum Gasteiger partial charge on any atom is 0.254 e. The molecule has 2 heterocycles. The van der Waals surface area contributed by atoms with E-state index >= 15 is 0 Å². The molecule has 0 bridgehead atoms. The summed E-state index contributed by atoms with van der Waals surface area (Å²) in [6.45, 7) is 2.00. The number of nitrogens with two attached hydrogens (primary N) is 2. The number of primary amides is 1. The number of carbonyl (C=O) groups is 1. The Morgan fingerprint density at radius 2 is 2.11 bits per heavy atom. The standard InChI is InChI=1S/C20H25N7O/c1-11-9-12-5-4-8-16(17(12)24-11)25-19-13(18(22)28)10-23-20(27-19)26-15-7-3-2-6-14(15)21/h4-5,8-10,14-15,24H,2-3,6-7,21H2,1H3,(H2,22,28)(H2,23,25,26,27)/t14-,15+/m0/s1. The van der Waals surface area contributed by atoms with Crippen LogP contribution in [0.3, 0.4) is 0 Å². The van der Waals surface area contributed by atoms with Crippen molar-refractivity contribution in [1.82, 2.24) is 15.0 Å². The second-order valence-corrected chi connectivity index (χ2v) is 7.37. The van der Waals surface area contributed by atoms with Gasteiger partial charge in [-0.25, -0.2) is 4.98 Å². The zero-order valence-corrected chi connectivity index (χ0v) is 15.8. The molecule has 0 radical (unpaired) electrons. The van der Waals surface area contributed by atoms with Crippen LogP contribution in [-0.2, 0) is 0 Å². The fraction of sp³-hybridized carbons (Fsp3) is 0.350. The Morgan fingerprint density at radius 1 is 1.29 bits per heavy atom. The molecule has 1 fully saturated rings. The summed E-state index contributed by atoms with van der Waals surface area (Å²) >= 11 is 0. The average molecular weight is 379 g/mol. The number of aromatic nitrogens is 3. The van der Waals surface area contributed by atoms with Crippen LogP contribution in [0.5, 0.6) is 0 Å². The van der Waals surface area contributed by atoms with Crippen LogP contribution in [0.25, 0.3) is 10.9 Å². The van der Waals surface area contributed by atoms with E-state index in [-0.39, 0.29) is 17.6 Å². The largest absolute Gasteiger partial charge is 0.365 e. The molecule has 0 unspecified atom stereocenters. The number of carbonyl (C=O) groups excluding carboxylic acids is 1. The van der Waals surface area contributed by atoms with Crippen LogP contribution in [0.1, 0.15) is 41.7 Å². The third kappa shape index (κ3) is 3.63. The van der Waals surface area contributed by atoms with Crippen molar-refractivity contribution in [2.75, 3.05) is 10.6 Å². The van der Waals surface area contributed by atoms with Gasteiger partial charge < -0.3 is 27.1 Å². The Kier molecular flexibility index (Phi) is 4.87. The second kappa shape index (κ2) is 7.47. The average Bonchev–Trinajstić information content (AvgIpc) is 3.05. The number of para-hydroxylation sites is 1. The van der Waals surface area contributed by atoms with Crippen LogP contribution < -0.4 is 22.1 Å². The molecule has 1 aliphatic rings. The Hall–Kier alpha value is -3.13. The van der Waals surface area contributed by atoms with Crippen LogP contribution >= 0.6 is 0 Å². The number of H-pyrrole nitrogens is 1. The Balaban J connectivity index is 1.66. The number of fused-ring (bicyclic) bond motifs is 1. The first-order valence-corrected chi connectivity index (χ1v) is 9.55. The lowest BCUT2D eigenvalue weighted by molar-refractivity contribution is 0.100. The predicted molar refractivity (Wildman–Crippen MR) is 111 cm³/mol. The Morgan fingerprint density at radius 3 is 2.89 bits per heavy atom. The highest BCUT2D eigenvalue weighted by Crippen LogP contribution is 2.28. The first-order chi connectivity index (χ1) is 13.5.